The van der Waals surface area contributed by atoms with Crippen molar-refractivity contribution in [3.8, 4) is 22.6 Å². The van der Waals surface area contributed by atoms with Gasteiger partial charge >= 0.3 is 5.97 Å². The highest BCUT2D eigenvalue weighted by Gasteiger charge is 2.32. The molecule has 1 saturated heterocycles. The van der Waals surface area contributed by atoms with Crippen LogP contribution in [-0.4, -0.2) is 77.4 Å². The van der Waals surface area contributed by atoms with Crippen LogP contribution >= 0.6 is 35.6 Å². The smallest absolute Gasteiger partial charge is 0.335 e. The molecule has 1 aliphatic heterocycles. The summed E-state index contributed by atoms with van der Waals surface area (Å²) in [5, 5.41) is 12.3. The minimum Gasteiger partial charge on any atom is -0.494 e. The number of carboxylic acids is 1. The van der Waals surface area contributed by atoms with Crippen LogP contribution in [0.25, 0.3) is 17.2 Å². The van der Waals surface area contributed by atoms with Crippen molar-refractivity contribution in [1.29, 1.82) is 0 Å². The second-order valence-corrected chi connectivity index (χ2v) is 12.1. The number of benzene rings is 3. The first-order valence-corrected chi connectivity index (χ1v) is 15.4. The first kappa shape index (κ1) is 33.0. The zero-order chi connectivity index (χ0) is 31.8. The molecular weight excluding hydrogens is 622 g/mol. The Morgan fingerprint density at radius 3 is 2.50 bits per heavy atom. The van der Waals surface area contributed by atoms with Crippen molar-refractivity contribution in [2.45, 2.75) is 13.3 Å². The monoisotopic (exact) mass is 653 g/mol. The van der Waals surface area contributed by atoms with Gasteiger partial charge in [0, 0.05) is 36.3 Å². The molecule has 1 aliphatic rings. The van der Waals surface area contributed by atoms with E-state index in [0.717, 1.165) is 22.9 Å². The average Bonchev–Trinajstić information content (AvgIpc) is 3.24. The lowest BCUT2D eigenvalue weighted by Gasteiger charge is -2.15. The van der Waals surface area contributed by atoms with Crippen molar-refractivity contribution in [3.05, 3.63) is 81.7 Å². The van der Waals surface area contributed by atoms with Crippen molar-refractivity contribution < 1.29 is 29.0 Å². The zero-order valence-electron chi connectivity index (χ0n) is 24.5. The molecule has 44 heavy (non-hydrogen) atoms. The third-order valence-electron chi connectivity index (χ3n) is 6.51. The number of halogens is 1. The van der Waals surface area contributed by atoms with Gasteiger partial charge in [0.05, 0.1) is 22.1 Å². The molecule has 0 aromatic heterocycles. The maximum absolute atomic E-state index is 13.4. The molecule has 2 amide bonds. The first-order valence-electron chi connectivity index (χ1n) is 13.8. The molecule has 0 radical (unpaired) electrons. The Balaban J connectivity index is 1.52. The Morgan fingerprint density at radius 2 is 1.84 bits per heavy atom. The normalized spacial score (nSPS) is 13.9. The first-order chi connectivity index (χ1) is 21.0. The Labute approximate surface area is 270 Å². The summed E-state index contributed by atoms with van der Waals surface area (Å²) in [5.41, 5.74) is 2.91. The highest BCUT2D eigenvalue weighted by atomic mass is 35.5. The fourth-order valence-corrected chi connectivity index (χ4v) is 5.83. The number of hydrogen-bond donors (Lipinski definition) is 2. The number of likely N-dealkylation sites (N-methyl/N-ethyl adjacent to an activating group) is 1. The third-order valence-corrected chi connectivity index (χ3v) is 8.20. The van der Waals surface area contributed by atoms with E-state index in [4.69, 9.17) is 38.4 Å². The van der Waals surface area contributed by atoms with Crippen LogP contribution in [0.15, 0.2) is 65.6 Å². The molecule has 0 bridgehead atoms. The van der Waals surface area contributed by atoms with Gasteiger partial charge in [0.1, 0.15) is 22.4 Å². The molecule has 230 valence electrons. The topological polar surface area (TPSA) is 108 Å². The summed E-state index contributed by atoms with van der Waals surface area (Å²) in [5.74, 6) is -0.399. The molecule has 2 N–H and O–H groups in total. The zero-order valence-corrected chi connectivity index (χ0v) is 26.9. The van der Waals surface area contributed by atoms with Crippen LogP contribution in [0.1, 0.15) is 29.3 Å². The number of amides is 2. The molecule has 0 aliphatic carbocycles. The van der Waals surface area contributed by atoms with E-state index < -0.39 is 5.97 Å². The molecule has 9 nitrogen and oxygen atoms in total. The molecular formula is C32H32ClN3O6S2. The van der Waals surface area contributed by atoms with Gasteiger partial charge in [0.25, 0.3) is 5.91 Å². The van der Waals surface area contributed by atoms with Crippen LogP contribution < -0.4 is 14.8 Å². The standard InChI is InChI=1S/C32H32ClN3O6S2/c1-4-41-24-10-11-25(26(33)19-24)21-7-12-27(42-16-15-35(2)3)22(17-21)18-28-30(38)36(32(43)44-28)14-13-29(37)34-23-8-5-20(6-9-23)31(39)40/h5-12,17-19H,4,13-16H2,1-3H3,(H,34,37)(H,39,40). The lowest BCUT2D eigenvalue weighted by molar-refractivity contribution is -0.122. The number of carboxylic acid groups (broad SMARTS) is 1. The molecule has 3 aromatic carbocycles. The lowest BCUT2D eigenvalue weighted by atomic mass is 10.0. The number of thiocarbonyl (C=S) groups is 1. The Morgan fingerprint density at radius 1 is 1.09 bits per heavy atom. The van der Waals surface area contributed by atoms with E-state index >= 15 is 0 Å². The fourth-order valence-electron chi connectivity index (χ4n) is 4.25. The number of carbonyl (C=O) groups excluding carboxylic acids is 2. The van der Waals surface area contributed by atoms with Gasteiger partial charge < -0.3 is 24.8 Å². The summed E-state index contributed by atoms with van der Waals surface area (Å²) < 4.78 is 12.0. The van der Waals surface area contributed by atoms with Crippen LogP contribution in [0.3, 0.4) is 0 Å². The third kappa shape index (κ3) is 8.60. The maximum Gasteiger partial charge on any atom is 0.335 e. The number of carbonyl (C=O) groups is 3. The van der Waals surface area contributed by atoms with E-state index in [2.05, 4.69) is 5.32 Å². The molecule has 4 rings (SSSR count). The van der Waals surface area contributed by atoms with E-state index in [1.807, 2.05) is 56.3 Å². The average molecular weight is 654 g/mol. The fraction of sp³-hybridized carbons (Fsp3) is 0.250. The molecule has 12 heteroatoms. The van der Waals surface area contributed by atoms with Gasteiger partial charge in [-0.1, -0.05) is 41.6 Å². The van der Waals surface area contributed by atoms with Gasteiger partial charge in [-0.2, -0.15) is 0 Å². The van der Waals surface area contributed by atoms with Gasteiger partial charge in [0.2, 0.25) is 5.91 Å². The Bertz CT molecular complexity index is 1590. The molecule has 3 aromatic rings. The summed E-state index contributed by atoms with van der Waals surface area (Å²) >= 11 is 13.3. The van der Waals surface area contributed by atoms with E-state index in [1.165, 1.54) is 29.2 Å². The molecule has 0 spiro atoms. The number of hydrogen-bond acceptors (Lipinski definition) is 8. The Kier molecular flexibility index (Phi) is 11.4. The molecule has 1 fully saturated rings. The predicted octanol–water partition coefficient (Wildman–Crippen LogP) is 6.27. The quantitative estimate of drug-likeness (QED) is 0.163. The van der Waals surface area contributed by atoms with Gasteiger partial charge in [-0.05, 0) is 87.3 Å². The Hall–Kier alpha value is -3.90. The number of nitrogens with one attached hydrogen (secondary N) is 1. The van der Waals surface area contributed by atoms with Gasteiger partial charge in [-0.3, -0.25) is 14.5 Å². The largest absolute Gasteiger partial charge is 0.494 e. The van der Waals surface area contributed by atoms with Gasteiger partial charge in [-0.25, -0.2) is 4.79 Å². The number of ether oxygens (including phenoxy) is 2. The number of aromatic carboxylic acids is 1. The summed E-state index contributed by atoms with van der Waals surface area (Å²) in [7, 11) is 3.92. The van der Waals surface area contributed by atoms with E-state index in [9.17, 15) is 14.4 Å². The molecule has 0 unspecified atom stereocenters. The minimum atomic E-state index is -1.05. The van der Waals surface area contributed by atoms with Crippen molar-refractivity contribution in [3.63, 3.8) is 0 Å². The lowest BCUT2D eigenvalue weighted by Crippen LogP contribution is -2.31. The number of thioether (sulfide) groups is 1. The molecule has 0 atom stereocenters. The minimum absolute atomic E-state index is 0.00498. The number of rotatable bonds is 13. The summed E-state index contributed by atoms with van der Waals surface area (Å²) in [6, 6.07) is 17.1. The second kappa shape index (κ2) is 15.2. The van der Waals surface area contributed by atoms with E-state index in [-0.39, 0.29) is 30.3 Å². The number of anilines is 1. The summed E-state index contributed by atoms with van der Waals surface area (Å²) in [6.07, 6.45) is 1.76. The van der Waals surface area contributed by atoms with Crippen LogP contribution in [0.5, 0.6) is 11.5 Å². The van der Waals surface area contributed by atoms with Crippen molar-refractivity contribution >= 4 is 69.4 Å². The van der Waals surface area contributed by atoms with Crippen molar-refractivity contribution in [2.24, 2.45) is 0 Å². The predicted molar refractivity (Wildman–Crippen MR) is 179 cm³/mol. The van der Waals surface area contributed by atoms with Gasteiger partial charge in [-0.15, -0.1) is 0 Å². The van der Waals surface area contributed by atoms with Crippen molar-refractivity contribution in [2.75, 3.05) is 45.7 Å². The van der Waals surface area contributed by atoms with Crippen LogP contribution in [0.4, 0.5) is 5.69 Å². The summed E-state index contributed by atoms with van der Waals surface area (Å²) in [6.45, 7) is 3.69. The maximum atomic E-state index is 13.4. The number of nitrogens with zero attached hydrogens (tertiary/aromatic N) is 2. The highest BCUT2D eigenvalue weighted by Crippen LogP contribution is 2.38. The van der Waals surface area contributed by atoms with Crippen LogP contribution in [0, 0.1) is 0 Å². The van der Waals surface area contributed by atoms with E-state index in [1.54, 1.807) is 12.1 Å². The van der Waals surface area contributed by atoms with Gasteiger partial charge in [0.15, 0.2) is 0 Å². The van der Waals surface area contributed by atoms with E-state index in [0.29, 0.717) is 56.8 Å². The van der Waals surface area contributed by atoms with Crippen LogP contribution in [0.2, 0.25) is 5.02 Å². The summed E-state index contributed by atoms with van der Waals surface area (Å²) in [4.78, 5) is 40.8. The molecule has 1 heterocycles. The second-order valence-electron chi connectivity index (χ2n) is 9.99. The van der Waals surface area contributed by atoms with Crippen LogP contribution in [-0.2, 0) is 9.59 Å². The SMILES string of the molecule is CCOc1ccc(-c2ccc(OCCN(C)C)c(C=C3SC(=S)N(CCC(=O)Nc4ccc(C(=O)O)cc4)C3=O)c2)c(Cl)c1. The highest BCUT2D eigenvalue weighted by molar-refractivity contribution is 8.26. The van der Waals surface area contributed by atoms with Crippen molar-refractivity contribution in [1.82, 2.24) is 9.80 Å². The molecule has 0 saturated carbocycles.